The molecule has 0 atom stereocenters. The number of aryl methyl sites for hydroxylation is 2. The molecule has 1 aromatic rings. The second-order valence-corrected chi connectivity index (χ2v) is 3.67. The SMILES string of the molecule is Cc1nc(CCCN)cn1C(C)C. The van der Waals surface area contributed by atoms with Crippen LogP contribution in [-0.4, -0.2) is 16.1 Å². The van der Waals surface area contributed by atoms with Gasteiger partial charge in [-0.05, 0) is 40.2 Å². The summed E-state index contributed by atoms with van der Waals surface area (Å²) in [6, 6.07) is 0.499. The van der Waals surface area contributed by atoms with Crippen molar-refractivity contribution in [2.24, 2.45) is 5.73 Å². The summed E-state index contributed by atoms with van der Waals surface area (Å²) < 4.78 is 2.20. The predicted octanol–water partition coefficient (Wildman–Crippen LogP) is 1.66. The summed E-state index contributed by atoms with van der Waals surface area (Å²) in [5.41, 5.74) is 6.61. The zero-order valence-electron chi connectivity index (χ0n) is 8.75. The van der Waals surface area contributed by atoms with Crippen LogP contribution >= 0.6 is 0 Å². The van der Waals surface area contributed by atoms with Crippen molar-refractivity contribution in [1.82, 2.24) is 9.55 Å². The van der Waals surface area contributed by atoms with Crippen molar-refractivity contribution in [2.45, 2.75) is 39.7 Å². The lowest BCUT2D eigenvalue weighted by Gasteiger charge is -2.07. The molecule has 0 aromatic carbocycles. The molecule has 13 heavy (non-hydrogen) atoms. The van der Waals surface area contributed by atoms with Gasteiger partial charge in [0.2, 0.25) is 0 Å². The maximum Gasteiger partial charge on any atom is 0.106 e. The van der Waals surface area contributed by atoms with Gasteiger partial charge in [-0.3, -0.25) is 0 Å². The molecular formula is C10H19N3. The summed E-state index contributed by atoms with van der Waals surface area (Å²) in [6.45, 7) is 7.13. The second-order valence-electron chi connectivity index (χ2n) is 3.67. The van der Waals surface area contributed by atoms with E-state index in [1.54, 1.807) is 0 Å². The van der Waals surface area contributed by atoms with E-state index in [0.29, 0.717) is 6.04 Å². The molecule has 0 saturated heterocycles. The standard InChI is InChI=1S/C10H19N3/c1-8(2)13-7-10(5-4-6-11)12-9(13)3/h7-8H,4-6,11H2,1-3H3. The molecular weight excluding hydrogens is 162 g/mol. The molecule has 74 valence electrons. The zero-order chi connectivity index (χ0) is 9.84. The highest BCUT2D eigenvalue weighted by atomic mass is 15.1. The fourth-order valence-corrected chi connectivity index (χ4v) is 1.47. The van der Waals surface area contributed by atoms with Crippen molar-refractivity contribution in [3.8, 4) is 0 Å². The van der Waals surface area contributed by atoms with E-state index in [0.717, 1.165) is 30.9 Å². The van der Waals surface area contributed by atoms with Gasteiger partial charge in [0.05, 0.1) is 5.69 Å². The molecule has 0 bridgehead atoms. The predicted molar refractivity (Wildman–Crippen MR) is 54.7 cm³/mol. The Labute approximate surface area is 80.0 Å². The molecule has 0 radical (unpaired) electrons. The number of aromatic nitrogens is 2. The van der Waals surface area contributed by atoms with E-state index in [-0.39, 0.29) is 0 Å². The van der Waals surface area contributed by atoms with E-state index < -0.39 is 0 Å². The average molecular weight is 181 g/mol. The molecule has 0 unspecified atom stereocenters. The Balaban J connectivity index is 2.71. The molecule has 0 amide bonds. The third-order valence-electron chi connectivity index (χ3n) is 2.16. The van der Waals surface area contributed by atoms with Crippen LogP contribution in [0.2, 0.25) is 0 Å². The van der Waals surface area contributed by atoms with Gasteiger partial charge in [-0.2, -0.15) is 0 Å². The number of nitrogens with two attached hydrogens (primary N) is 1. The lowest BCUT2D eigenvalue weighted by molar-refractivity contribution is 0.582. The molecule has 0 aliphatic heterocycles. The maximum absolute atomic E-state index is 5.45. The number of imidazole rings is 1. The number of nitrogens with zero attached hydrogens (tertiary/aromatic N) is 2. The lowest BCUT2D eigenvalue weighted by atomic mass is 10.2. The highest BCUT2D eigenvalue weighted by Crippen LogP contribution is 2.11. The normalized spacial score (nSPS) is 11.2. The Morgan fingerprint density at radius 3 is 2.69 bits per heavy atom. The van der Waals surface area contributed by atoms with Crippen LogP contribution in [0.25, 0.3) is 0 Å². The summed E-state index contributed by atoms with van der Waals surface area (Å²) in [7, 11) is 0. The third-order valence-corrected chi connectivity index (χ3v) is 2.16. The van der Waals surface area contributed by atoms with Gasteiger partial charge in [0.1, 0.15) is 5.82 Å². The quantitative estimate of drug-likeness (QED) is 0.767. The van der Waals surface area contributed by atoms with Gasteiger partial charge >= 0.3 is 0 Å². The number of rotatable bonds is 4. The van der Waals surface area contributed by atoms with Crippen LogP contribution in [0.1, 0.15) is 37.8 Å². The van der Waals surface area contributed by atoms with Crippen LogP contribution in [0.15, 0.2) is 6.20 Å². The minimum atomic E-state index is 0.499. The van der Waals surface area contributed by atoms with Crippen molar-refractivity contribution in [1.29, 1.82) is 0 Å². The third kappa shape index (κ3) is 2.56. The average Bonchev–Trinajstić information content (AvgIpc) is 2.43. The van der Waals surface area contributed by atoms with E-state index >= 15 is 0 Å². The van der Waals surface area contributed by atoms with Gasteiger partial charge in [0, 0.05) is 12.2 Å². The zero-order valence-corrected chi connectivity index (χ0v) is 8.75. The monoisotopic (exact) mass is 181 g/mol. The van der Waals surface area contributed by atoms with Crippen molar-refractivity contribution in [2.75, 3.05) is 6.54 Å². The highest BCUT2D eigenvalue weighted by molar-refractivity contribution is 5.04. The highest BCUT2D eigenvalue weighted by Gasteiger charge is 2.05. The van der Waals surface area contributed by atoms with Crippen LogP contribution in [0.5, 0.6) is 0 Å². The van der Waals surface area contributed by atoms with Crippen LogP contribution in [0, 0.1) is 6.92 Å². The van der Waals surface area contributed by atoms with Crippen molar-refractivity contribution < 1.29 is 0 Å². The number of hydrogen-bond acceptors (Lipinski definition) is 2. The summed E-state index contributed by atoms with van der Waals surface area (Å²) in [4.78, 5) is 4.48. The molecule has 3 nitrogen and oxygen atoms in total. The summed E-state index contributed by atoms with van der Waals surface area (Å²) in [6.07, 6.45) is 4.15. The molecule has 0 saturated carbocycles. The Morgan fingerprint density at radius 2 is 2.23 bits per heavy atom. The molecule has 0 fully saturated rings. The van der Waals surface area contributed by atoms with Gasteiger partial charge in [-0.25, -0.2) is 4.98 Å². The van der Waals surface area contributed by atoms with E-state index in [9.17, 15) is 0 Å². The van der Waals surface area contributed by atoms with E-state index in [1.165, 1.54) is 0 Å². The van der Waals surface area contributed by atoms with Crippen molar-refractivity contribution in [3.63, 3.8) is 0 Å². The fourth-order valence-electron chi connectivity index (χ4n) is 1.47. The minimum absolute atomic E-state index is 0.499. The first-order chi connectivity index (χ1) is 6.15. The summed E-state index contributed by atoms with van der Waals surface area (Å²) in [5.74, 6) is 1.10. The number of hydrogen-bond donors (Lipinski definition) is 1. The molecule has 0 aliphatic carbocycles. The first-order valence-electron chi connectivity index (χ1n) is 4.89. The second kappa shape index (κ2) is 4.42. The Kier molecular flexibility index (Phi) is 3.48. The topological polar surface area (TPSA) is 43.8 Å². The van der Waals surface area contributed by atoms with Gasteiger partial charge in [-0.1, -0.05) is 0 Å². The smallest absolute Gasteiger partial charge is 0.106 e. The van der Waals surface area contributed by atoms with Gasteiger partial charge in [0.15, 0.2) is 0 Å². The van der Waals surface area contributed by atoms with Crippen LogP contribution in [0.4, 0.5) is 0 Å². The van der Waals surface area contributed by atoms with Gasteiger partial charge in [-0.15, -0.1) is 0 Å². The Hall–Kier alpha value is -0.830. The van der Waals surface area contributed by atoms with Crippen LogP contribution in [-0.2, 0) is 6.42 Å². The molecule has 1 rings (SSSR count). The maximum atomic E-state index is 5.45. The Bertz CT molecular complexity index is 263. The lowest BCUT2D eigenvalue weighted by Crippen LogP contribution is -2.01. The van der Waals surface area contributed by atoms with E-state index in [2.05, 4.69) is 29.6 Å². The minimum Gasteiger partial charge on any atom is -0.332 e. The summed E-state index contributed by atoms with van der Waals surface area (Å²) >= 11 is 0. The molecule has 0 aliphatic rings. The molecule has 1 aromatic heterocycles. The first kappa shape index (κ1) is 10.3. The van der Waals surface area contributed by atoms with Crippen molar-refractivity contribution in [3.05, 3.63) is 17.7 Å². The van der Waals surface area contributed by atoms with Gasteiger partial charge in [0.25, 0.3) is 0 Å². The molecule has 1 heterocycles. The van der Waals surface area contributed by atoms with E-state index in [1.807, 2.05) is 6.92 Å². The molecule has 3 heteroatoms. The van der Waals surface area contributed by atoms with Crippen molar-refractivity contribution >= 4 is 0 Å². The van der Waals surface area contributed by atoms with E-state index in [4.69, 9.17) is 5.73 Å². The summed E-state index contributed by atoms with van der Waals surface area (Å²) in [5, 5.41) is 0. The first-order valence-corrected chi connectivity index (χ1v) is 4.89. The van der Waals surface area contributed by atoms with Crippen LogP contribution < -0.4 is 5.73 Å². The molecule has 2 N–H and O–H groups in total. The Morgan fingerprint density at radius 1 is 1.54 bits per heavy atom. The fraction of sp³-hybridized carbons (Fsp3) is 0.700. The van der Waals surface area contributed by atoms with Crippen LogP contribution in [0.3, 0.4) is 0 Å². The molecule has 0 spiro atoms. The largest absolute Gasteiger partial charge is 0.332 e. The van der Waals surface area contributed by atoms with Gasteiger partial charge < -0.3 is 10.3 Å².